The van der Waals surface area contributed by atoms with Gasteiger partial charge in [0.15, 0.2) is 0 Å². The van der Waals surface area contributed by atoms with Gasteiger partial charge >= 0.3 is 5.97 Å². The van der Waals surface area contributed by atoms with Gasteiger partial charge < -0.3 is 20.1 Å². The molecule has 0 aromatic heterocycles. The molecule has 3 fully saturated rings. The van der Waals surface area contributed by atoms with E-state index >= 15 is 0 Å². The number of nitrogens with one attached hydrogen (secondary N) is 2. The molecule has 1 aromatic carbocycles. The number of cyclic esters (lactones) is 1. The third kappa shape index (κ3) is 5.45. The number of rotatable bonds is 6. The second kappa shape index (κ2) is 10.4. The smallest absolute Gasteiger partial charge is 0.310 e. The molecule has 11 nitrogen and oxygen atoms in total. The Bertz CT molecular complexity index is 999. The standard InChI is InChI=1S/C24H30N4O7/c1-14(2)34-24-17(13-20(30)35-24)26-22(32)18-9-6-12-27-19(29)11-10-16(23(33)28(18)27)25-21(31)15-7-4-3-5-8-15/h3-5,7-8,14,16-18,24H,6,9-13H2,1-2H3,(H,25,31)(H,26,32)/t16-,17?,18-,24?/m0/s1. The number of hydrogen-bond donors (Lipinski definition) is 2. The lowest BCUT2D eigenvalue weighted by molar-refractivity contribution is -0.179. The number of carbonyl (C=O) groups is 5. The van der Waals surface area contributed by atoms with E-state index in [2.05, 4.69) is 10.6 Å². The lowest BCUT2D eigenvalue weighted by Gasteiger charge is -2.43. The third-order valence-corrected chi connectivity index (χ3v) is 6.20. The number of fused-ring (bicyclic) bond motifs is 1. The Morgan fingerprint density at radius 1 is 1.09 bits per heavy atom. The summed E-state index contributed by atoms with van der Waals surface area (Å²) >= 11 is 0. The molecule has 3 aliphatic heterocycles. The van der Waals surface area contributed by atoms with Crippen LogP contribution < -0.4 is 10.6 Å². The molecule has 4 atom stereocenters. The maximum Gasteiger partial charge on any atom is 0.310 e. The van der Waals surface area contributed by atoms with E-state index in [-0.39, 0.29) is 31.3 Å². The first-order valence-corrected chi connectivity index (χ1v) is 11.9. The van der Waals surface area contributed by atoms with Crippen LogP contribution in [0, 0.1) is 0 Å². The van der Waals surface area contributed by atoms with Crippen LogP contribution in [0.25, 0.3) is 0 Å². The SMILES string of the molecule is CC(C)OC1OC(=O)CC1NC(=O)[C@@H]1CCCN2C(=O)CC[C@H](NC(=O)c3ccccc3)C(=O)N12. The number of ether oxygens (including phenoxy) is 2. The molecule has 188 valence electrons. The molecule has 3 aliphatic rings. The lowest BCUT2D eigenvalue weighted by atomic mass is 10.0. The molecule has 4 amide bonds. The van der Waals surface area contributed by atoms with Crippen LogP contribution in [0.15, 0.2) is 30.3 Å². The molecule has 0 radical (unpaired) electrons. The summed E-state index contributed by atoms with van der Waals surface area (Å²) in [5.41, 5.74) is 0.391. The second-order valence-electron chi connectivity index (χ2n) is 9.15. The molecule has 2 unspecified atom stereocenters. The summed E-state index contributed by atoms with van der Waals surface area (Å²) in [6.07, 6.45) is -0.154. The summed E-state index contributed by atoms with van der Waals surface area (Å²) in [6.45, 7) is 3.88. The van der Waals surface area contributed by atoms with E-state index in [0.29, 0.717) is 24.9 Å². The van der Waals surface area contributed by atoms with E-state index in [1.165, 1.54) is 10.0 Å². The highest BCUT2D eigenvalue weighted by Crippen LogP contribution is 2.26. The summed E-state index contributed by atoms with van der Waals surface area (Å²) < 4.78 is 10.8. The average molecular weight is 487 g/mol. The van der Waals surface area contributed by atoms with Gasteiger partial charge in [-0.2, -0.15) is 0 Å². The van der Waals surface area contributed by atoms with E-state index in [4.69, 9.17) is 9.47 Å². The van der Waals surface area contributed by atoms with Crippen molar-refractivity contribution in [3.63, 3.8) is 0 Å². The molecular formula is C24H30N4O7. The van der Waals surface area contributed by atoms with Crippen LogP contribution in [-0.2, 0) is 28.7 Å². The predicted octanol–water partition coefficient (Wildman–Crippen LogP) is 0.496. The van der Waals surface area contributed by atoms with E-state index in [1.54, 1.807) is 44.2 Å². The van der Waals surface area contributed by atoms with Crippen molar-refractivity contribution in [2.75, 3.05) is 6.54 Å². The number of amides is 4. The van der Waals surface area contributed by atoms with Crippen LogP contribution in [0.2, 0.25) is 0 Å². The van der Waals surface area contributed by atoms with Gasteiger partial charge in [-0.05, 0) is 45.2 Å². The summed E-state index contributed by atoms with van der Waals surface area (Å²) in [5, 5.41) is 7.99. The van der Waals surface area contributed by atoms with Crippen LogP contribution >= 0.6 is 0 Å². The van der Waals surface area contributed by atoms with E-state index in [1.807, 2.05) is 0 Å². The molecule has 1 aromatic rings. The molecule has 11 heteroatoms. The van der Waals surface area contributed by atoms with Gasteiger partial charge in [0.05, 0.1) is 12.5 Å². The van der Waals surface area contributed by atoms with Crippen molar-refractivity contribution in [3.8, 4) is 0 Å². The molecule has 0 spiro atoms. The summed E-state index contributed by atoms with van der Waals surface area (Å²) in [6, 6.07) is 5.84. The van der Waals surface area contributed by atoms with Crippen molar-refractivity contribution < 1.29 is 33.4 Å². The minimum Gasteiger partial charge on any atom is -0.433 e. The van der Waals surface area contributed by atoms with Gasteiger partial charge in [0.2, 0.25) is 18.1 Å². The molecule has 0 aliphatic carbocycles. The first-order valence-electron chi connectivity index (χ1n) is 11.9. The zero-order valence-electron chi connectivity index (χ0n) is 19.8. The molecule has 0 saturated carbocycles. The molecule has 0 bridgehead atoms. The molecule has 35 heavy (non-hydrogen) atoms. The maximum atomic E-state index is 13.5. The average Bonchev–Trinajstić information content (AvgIpc) is 3.12. The summed E-state index contributed by atoms with van der Waals surface area (Å²) in [4.78, 5) is 64.2. The molecule has 3 saturated heterocycles. The van der Waals surface area contributed by atoms with Crippen molar-refractivity contribution in [1.29, 1.82) is 0 Å². The maximum absolute atomic E-state index is 13.5. The van der Waals surface area contributed by atoms with Gasteiger partial charge in [-0.25, -0.2) is 5.01 Å². The number of hydrazine groups is 1. The fourth-order valence-electron chi connectivity index (χ4n) is 4.56. The minimum atomic E-state index is -0.968. The van der Waals surface area contributed by atoms with Crippen LogP contribution in [-0.4, -0.2) is 76.7 Å². The molecule has 2 N–H and O–H groups in total. The largest absolute Gasteiger partial charge is 0.433 e. The zero-order valence-corrected chi connectivity index (χ0v) is 19.8. The summed E-state index contributed by atoms with van der Waals surface area (Å²) in [7, 11) is 0. The normalized spacial score (nSPS) is 26.8. The highest BCUT2D eigenvalue weighted by atomic mass is 16.7. The van der Waals surface area contributed by atoms with Crippen molar-refractivity contribution in [2.45, 2.75) is 76.5 Å². The number of nitrogens with zero attached hydrogens (tertiary/aromatic N) is 2. The fourth-order valence-corrected chi connectivity index (χ4v) is 4.56. The number of hydrogen-bond acceptors (Lipinski definition) is 7. The summed E-state index contributed by atoms with van der Waals surface area (Å²) in [5.74, 6) is -2.23. The highest BCUT2D eigenvalue weighted by molar-refractivity contribution is 5.99. The third-order valence-electron chi connectivity index (χ3n) is 6.20. The Balaban J connectivity index is 1.51. The predicted molar refractivity (Wildman–Crippen MR) is 121 cm³/mol. The van der Waals surface area contributed by atoms with Crippen molar-refractivity contribution >= 4 is 29.6 Å². The van der Waals surface area contributed by atoms with Crippen LogP contribution in [0.1, 0.15) is 56.3 Å². The fraction of sp³-hybridized carbons (Fsp3) is 0.542. The quantitative estimate of drug-likeness (QED) is 0.559. The van der Waals surface area contributed by atoms with Crippen LogP contribution in [0.5, 0.6) is 0 Å². The second-order valence-corrected chi connectivity index (χ2v) is 9.15. The highest BCUT2D eigenvalue weighted by Gasteiger charge is 2.46. The van der Waals surface area contributed by atoms with Crippen molar-refractivity contribution in [2.24, 2.45) is 0 Å². The van der Waals surface area contributed by atoms with Gasteiger partial charge in [-0.3, -0.25) is 29.0 Å². The van der Waals surface area contributed by atoms with Gasteiger partial charge in [0.25, 0.3) is 11.8 Å². The first-order chi connectivity index (χ1) is 16.7. The van der Waals surface area contributed by atoms with Gasteiger partial charge in [-0.1, -0.05) is 18.2 Å². The van der Waals surface area contributed by atoms with Crippen LogP contribution in [0.4, 0.5) is 0 Å². The Labute approximate surface area is 203 Å². The van der Waals surface area contributed by atoms with E-state index < -0.39 is 48.1 Å². The van der Waals surface area contributed by atoms with Crippen molar-refractivity contribution in [1.82, 2.24) is 20.7 Å². The molecular weight excluding hydrogens is 456 g/mol. The first kappa shape index (κ1) is 24.6. The Morgan fingerprint density at radius 3 is 2.54 bits per heavy atom. The minimum absolute atomic E-state index is 0.0534. The van der Waals surface area contributed by atoms with Gasteiger partial charge in [0.1, 0.15) is 18.1 Å². The number of benzene rings is 1. The zero-order chi connectivity index (χ0) is 25.1. The molecule has 3 heterocycles. The number of carbonyl (C=O) groups excluding carboxylic acids is 5. The van der Waals surface area contributed by atoms with Crippen LogP contribution in [0.3, 0.4) is 0 Å². The Morgan fingerprint density at radius 2 is 1.83 bits per heavy atom. The topological polar surface area (TPSA) is 134 Å². The molecule has 4 rings (SSSR count). The Hall–Kier alpha value is -3.47. The van der Waals surface area contributed by atoms with E-state index in [9.17, 15) is 24.0 Å². The lowest BCUT2D eigenvalue weighted by Crippen LogP contribution is -2.64. The van der Waals surface area contributed by atoms with Gasteiger partial charge in [0, 0.05) is 18.5 Å². The monoisotopic (exact) mass is 486 g/mol. The number of esters is 1. The van der Waals surface area contributed by atoms with Crippen molar-refractivity contribution in [3.05, 3.63) is 35.9 Å². The Kier molecular flexibility index (Phi) is 7.34. The van der Waals surface area contributed by atoms with E-state index in [0.717, 1.165) is 0 Å². The van der Waals surface area contributed by atoms with Gasteiger partial charge in [-0.15, -0.1) is 0 Å².